The van der Waals surface area contributed by atoms with E-state index in [2.05, 4.69) is 0 Å². The van der Waals surface area contributed by atoms with Gasteiger partial charge in [0.05, 0.1) is 0 Å². The van der Waals surface area contributed by atoms with Crippen molar-refractivity contribution in [1.82, 2.24) is 0 Å². The third kappa shape index (κ3) is 2.91. The standard InChI is InChI=1S/C16H15NO7/c1-24-16(13(14(18)19)15(20)21)8-7-11(9-12(16)17(22)23)10-5-3-2-4-6-10/h2-9,12-13H,1H3,(H,18,19)(H,20,21). The van der Waals surface area contributed by atoms with Crippen molar-refractivity contribution in [3.63, 3.8) is 0 Å². The predicted octanol–water partition coefficient (Wildman–Crippen LogP) is 1.46. The van der Waals surface area contributed by atoms with Crippen LogP contribution in [0.3, 0.4) is 0 Å². The van der Waals surface area contributed by atoms with Crippen molar-refractivity contribution in [3.8, 4) is 0 Å². The van der Waals surface area contributed by atoms with Crippen LogP contribution in [0.4, 0.5) is 0 Å². The number of carboxylic acid groups (broad SMARTS) is 2. The SMILES string of the molecule is COC1(C(C(=O)O)C(=O)O)C=CC(c2ccccc2)=CC1[N+](=O)[O-]. The fourth-order valence-corrected chi connectivity index (χ4v) is 2.79. The molecule has 2 unspecified atom stereocenters. The molecular weight excluding hydrogens is 318 g/mol. The molecule has 0 radical (unpaired) electrons. The molecule has 0 aliphatic heterocycles. The van der Waals surface area contributed by atoms with Crippen molar-refractivity contribution in [1.29, 1.82) is 0 Å². The number of hydrogen-bond donors (Lipinski definition) is 2. The maximum absolute atomic E-state index is 11.5. The van der Waals surface area contributed by atoms with Crippen molar-refractivity contribution >= 4 is 17.5 Å². The zero-order valence-electron chi connectivity index (χ0n) is 12.7. The Morgan fingerprint density at radius 1 is 1.25 bits per heavy atom. The smallest absolute Gasteiger partial charge is 0.321 e. The summed E-state index contributed by atoms with van der Waals surface area (Å²) in [7, 11) is 1.06. The number of benzene rings is 1. The minimum Gasteiger partial charge on any atom is -0.481 e. The molecule has 8 nitrogen and oxygen atoms in total. The lowest BCUT2D eigenvalue weighted by Crippen LogP contribution is -2.57. The van der Waals surface area contributed by atoms with E-state index < -0.39 is 34.4 Å². The first-order valence-electron chi connectivity index (χ1n) is 6.94. The highest BCUT2D eigenvalue weighted by Crippen LogP contribution is 2.37. The summed E-state index contributed by atoms with van der Waals surface area (Å²) in [5, 5.41) is 30.0. The monoisotopic (exact) mass is 333 g/mol. The van der Waals surface area contributed by atoms with E-state index in [1.165, 1.54) is 12.2 Å². The molecule has 0 saturated heterocycles. The highest BCUT2D eigenvalue weighted by atomic mass is 16.6. The summed E-state index contributed by atoms with van der Waals surface area (Å²) in [5.41, 5.74) is -0.952. The minimum atomic E-state index is -2.13. The largest absolute Gasteiger partial charge is 0.481 e. The van der Waals surface area contributed by atoms with E-state index in [0.29, 0.717) is 11.1 Å². The van der Waals surface area contributed by atoms with Gasteiger partial charge in [-0.2, -0.15) is 0 Å². The third-order valence-corrected chi connectivity index (χ3v) is 3.96. The van der Waals surface area contributed by atoms with E-state index in [0.717, 1.165) is 13.2 Å². The van der Waals surface area contributed by atoms with Gasteiger partial charge in [0.25, 0.3) is 6.04 Å². The van der Waals surface area contributed by atoms with E-state index in [4.69, 9.17) is 4.74 Å². The van der Waals surface area contributed by atoms with Crippen molar-refractivity contribution in [2.75, 3.05) is 7.11 Å². The summed E-state index contributed by atoms with van der Waals surface area (Å²) in [6.07, 6.45) is 3.81. The average molecular weight is 333 g/mol. The summed E-state index contributed by atoms with van der Waals surface area (Å²) < 4.78 is 5.09. The van der Waals surface area contributed by atoms with Crippen LogP contribution in [0.5, 0.6) is 0 Å². The zero-order valence-corrected chi connectivity index (χ0v) is 12.7. The van der Waals surface area contributed by atoms with Crippen LogP contribution in [-0.4, -0.2) is 45.8 Å². The van der Waals surface area contributed by atoms with Gasteiger partial charge in [-0.05, 0) is 17.2 Å². The number of ether oxygens (including phenoxy) is 1. The second-order valence-corrected chi connectivity index (χ2v) is 5.22. The van der Waals surface area contributed by atoms with E-state index in [9.17, 15) is 29.9 Å². The number of carboxylic acids is 2. The molecule has 0 spiro atoms. The Bertz CT molecular complexity index is 711. The molecule has 0 amide bonds. The molecule has 1 aliphatic rings. The van der Waals surface area contributed by atoms with Gasteiger partial charge < -0.3 is 14.9 Å². The molecule has 2 rings (SSSR count). The normalized spacial score (nSPS) is 22.9. The van der Waals surface area contributed by atoms with Crippen molar-refractivity contribution in [3.05, 3.63) is 64.2 Å². The number of nitrogens with zero attached hydrogens (tertiary/aromatic N) is 1. The van der Waals surface area contributed by atoms with Gasteiger partial charge in [-0.1, -0.05) is 36.4 Å². The number of allylic oxidation sites excluding steroid dienone is 2. The molecule has 126 valence electrons. The summed E-state index contributed by atoms with van der Waals surface area (Å²) in [6.45, 7) is 0. The van der Waals surface area contributed by atoms with E-state index in [1.54, 1.807) is 30.3 Å². The van der Waals surface area contributed by atoms with Gasteiger partial charge in [0.2, 0.25) is 0 Å². The topological polar surface area (TPSA) is 127 Å². The van der Waals surface area contributed by atoms with Crippen LogP contribution in [-0.2, 0) is 14.3 Å². The van der Waals surface area contributed by atoms with Gasteiger partial charge in [-0.25, -0.2) is 0 Å². The average Bonchev–Trinajstić information content (AvgIpc) is 2.54. The molecule has 0 saturated carbocycles. The van der Waals surface area contributed by atoms with Crippen LogP contribution < -0.4 is 0 Å². The fourth-order valence-electron chi connectivity index (χ4n) is 2.79. The zero-order chi connectivity index (χ0) is 17.9. The molecule has 1 aromatic rings. The fraction of sp³-hybridized carbons (Fsp3) is 0.250. The Kier molecular flexibility index (Phi) is 4.79. The maximum atomic E-state index is 11.5. The van der Waals surface area contributed by atoms with Crippen LogP contribution in [0.2, 0.25) is 0 Å². The van der Waals surface area contributed by atoms with Crippen molar-refractivity contribution in [2.24, 2.45) is 5.92 Å². The molecule has 2 atom stereocenters. The summed E-state index contributed by atoms with van der Waals surface area (Å²) >= 11 is 0. The summed E-state index contributed by atoms with van der Waals surface area (Å²) in [6, 6.07) is 7.09. The van der Waals surface area contributed by atoms with Crippen molar-refractivity contribution in [2.45, 2.75) is 11.6 Å². The summed E-state index contributed by atoms with van der Waals surface area (Å²) in [5.74, 6) is -5.54. The number of nitro groups is 1. The lowest BCUT2D eigenvalue weighted by molar-refractivity contribution is -0.530. The number of aliphatic carboxylic acids is 2. The van der Waals surface area contributed by atoms with Gasteiger partial charge >= 0.3 is 11.9 Å². The molecule has 1 aromatic carbocycles. The Morgan fingerprint density at radius 2 is 1.83 bits per heavy atom. The molecule has 0 heterocycles. The number of hydrogen-bond acceptors (Lipinski definition) is 5. The van der Waals surface area contributed by atoms with Crippen LogP contribution in [0.25, 0.3) is 5.57 Å². The predicted molar refractivity (Wildman–Crippen MR) is 82.8 cm³/mol. The molecule has 2 N–H and O–H groups in total. The molecule has 0 aromatic heterocycles. The summed E-state index contributed by atoms with van der Waals surface area (Å²) in [4.78, 5) is 33.5. The van der Waals surface area contributed by atoms with Crippen LogP contribution in [0.1, 0.15) is 5.56 Å². The number of rotatable bonds is 6. The van der Waals surface area contributed by atoms with E-state index >= 15 is 0 Å². The Labute approximate surface area is 136 Å². The first-order valence-corrected chi connectivity index (χ1v) is 6.94. The number of methoxy groups -OCH3 is 1. The lowest BCUT2D eigenvalue weighted by atomic mass is 9.76. The van der Waals surface area contributed by atoms with Gasteiger partial charge in [-0.3, -0.25) is 19.7 Å². The molecule has 0 fully saturated rings. The molecule has 24 heavy (non-hydrogen) atoms. The third-order valence-electron chi connectivity index (χ3n) is 3.96. The van der Waals surface area contributed by atoms with E-state index in [-0.39, 0.29) is 0 Å². The van der Waals surface area contributed by atoms with Gasteiger partial charge in [-0.15, -0.1) is 0 Å². The molecule has 1 aliphatic carbocycles. The highest BCUT2D eigenvalue weighted by Gasteiger charge is 2.58. The quantitative estimate of drug-likeness (QED) is 0.458. The van der Waals surface area contributed by atoms with Gasteiger partial charge in [0.1, 0.15) is 0 Å². The first-order chi connectivity index (χ1) is 11.3. The molecule has 0 bridgehead atoms. The van der Waals surface area contributed by atoms with Crippen LogP contribution >= 0.6 is 0 Å². The van der Waals surface area contributed by atoms with Crippen LogP contribution in [0.15, 0.2) is 48.6 Å². The molecule has 8 heteroatoms. The second kappa shape index (κ2) is 6.63. The first kappa shape index (κ1) is 17.4. The van der Waals surface area contributed by atoms with Gasteiger partial charge in [0, 0.05) is 18.1 Å². The Balaban J connectivity index is 2.58. The minimum absolute atomic E-state index is 0.486. The Morgan fingerprint density at radius 3 is 2.29 bits per heavy atom. The van der Waals surface area contributed by atoms with Crippen molar-refractivity contribution < 1.29 is 29.5 Å². The van der Waals surface area contributed by atoms with E-state index in [1.807, 2.05) is 0 Å². The van der Waals surface area contributed by atoms with Crippen LogP contribution in [0, 0.1) is 16.0 Å². The second-order valence-electron chi connectivity index (χ2n) is 5.22. The Hall–Kier alpha value is -3.00. The molecular formula is C16H15NO7. The number of carbonyl (C=O) groups is 2. The maximum Gasteiger partial charge on any atom is 0.321 e. The highest BCUT2D eigenvalue weighted by molar-refractivity contribution is 5.95. The van der Waals surface area contributed by atoms with Gasteiger partial charge in [0.15, 0.2) is 11.5 Å². The lowest BCUT2D eigenvalue weighted by Gasteiger charge is -2.35.